The minimum atomic E-state index is -4.15. The van der Waals surface area contributed by atoms with E-state index in [1.807, 2.05) is 58.9 Å². The van der Waals surface area contributed by atoms with Gasteiger partial charge in [0.25, 0.3) is 10.0 Å². The summed E-state index contributed by atoms with van der Waals surface area (Å²) >= 11 is 6.39. The molecule has 0 aromatic heterocycles. The Morgan fingerprint density at radius 3 is 2.05 bits per heavy atom. The number of halogens is 1. The standard InChI is InChI=1S/C31H38ClN3O4S/c1-6-18-33-31(37)29(7-2)34(20-25-13-8-22(3)9-14-25)30(36)21-35(26-15-12-24(5)28(32)19-26)40(38,39)27-16-10-23(4)11-17-27/h8-17,19,29H,6-7,18,20-21H2,1-5H3,(H,33,37)/t29-/m0/s1. The summed E-state index contributed by atoms with van der Waals surface area (Å²) in [6, 6.07) is 18.3. The smallest absolute Gasteiger partial charge is 0.264 e. The normalized spacial score (nSPS) is 12.1. The average Bonchev–Trinajstić information content (AvgIpc) is 2.93. The Bertz CT molecular complexity index is 1420. The molecule has 0 saturated heterocycles. The fourth-order valence-corrected chi connectivity index (χ4v) is 5.86. The highest BCUT2D eigenvalue weighted by Gasteiger charge is 2.33. The lowest BCUT2D eigenvalue weighted by Crippen LogP contribution is -2.52. The van der Waals surface area contributed by atoms with Gasteiger partial charge in [-0.15, -0.1) is 0 Å². The quantitative estimate of drug-likeness (QED) is 0.292. The van der Waals surface area contributed by atoms with Gasteiger partial charge in [-0.3, -0.25) is 13.9 Å². The molecule has 0 saturated carbocycles. The van der Waals surface area contributed by atoms with Gasteiger partial charge in [-0.2, -0.15) is 0 Å². The minimum absolute atomic E-state index is 0.0559. The molecule has 1 N–H and O–H groups in total. The molecule has 0 aliphatic carbocycles. The highest BCUT2D eigenvalue weighted by atomic mass is 35.5. The molecule has 2 amide bonds. The monoisotopic (exact) mass is 583 g/mol. The van der Waals surface area contributed by atoms with Crippen LogP contribution in [0.2, 0.25) is 5.02 Å². The van der Waals surface area contributed by atoms with Gasteiger partial charge in [0, 0.05) is 18.1 Å². The van der Waals surface area contributed by atoms with Crippen molar-refractivity contribution >= 4 is 39.1 Å². The van der Waals surface area contributed by atoms with Crippen LogP contribution in [0.5, 0.6) is 0 Å². The van der Waals surface area contributed by atoms with Crippen molar-refractivity contribution in [1.82, 2.24) is 10.2 Å². The fourth-order valence-electron chi connectivity index (χ4n) is 4.28. The summed E-state index contributed by atoms with van der Waals surface area (Å²) in [5, 5.41) is 3.28. The van der Waals surface area contributed by atoms with Gasteiger partial charge in [-0.05, 0) is 69.0 Å². The van der Waals surface area contributed by atoms with Crippen LogP contribution in [0.1, 0.15) is 48.9 Å². The topological polar surface area (TPSA) is 86.8 Å². The molecule has 3 aromatic rings. The second kappa shape index (κ2) is 13.8. The van der Waals surface area contributed by atoms with Gasteiger partial charge in [0.1, 0.15) is 12.6 Å². The van der Waals surface area contributed by atoms with Crippen LogP contribution in [0.4, 0.5) is 5.69 Å². The third-order valence-electron chi connectivity index (χ3n) is 6.74. The van der Waals surface area contributed by atoms with E-state index in [2.05, 4.69) is 5.32 Å². The zero-order valence-corrected chi connectivity index (χ0v) is 25.3. The Labute approximate surface area is 243 Å². The molecule has 1 atom stereocenters. The molecule has 0 heterocycles. The molecule has 40 heavy (non-hydrogen) atoms. The number of amides is 2. The van der Waals surface area contributed by atoms with Crippen LogP contribution in [-0.4, -0.2) is 44.3 Å². The van der Waals surface area contributed by atoms with E-state index in [4.69, 9.17) is 11.6 Å². The Kier molecular flexibility index (Phi) is 10.8. The summed E-state index contributed by atoms with van der Waals surface area (Å²) in [6.45, 7) is 9.60. The summed E-state index contributed by atoms with van der Waals surface area (Å²) in [5.41, 5.74) is 3.87. The second-order valence-corrected chi connectivity index (χ2v) is 12.3. The number of nitrogens with one attached hydrogen (secondary N) is 1. The molecule has 3 aromatic carbocycles. The summed E-state index contributed by atoms with van der Waals surface area (Å²) in [4.78, 5) is 28.8. The molecule has 0 fully saturated rings. The van der Waals surface area contributed by atoms with Crippen LogP contribution in [0.15, 0.2) is 71.6 Å². The van der Waals surface area contributed by atoms with Crippen LogP contribution < -0.4 is 9.62 Å². The van der Waals surface area contributed by atoms with E-state index < -0.39 is 28.5 Å². The number of carbonyl (C=O) groups excluding carboxylic acids is 2. The van der Waals surface area contributed by atoms with Crippen LogP contribution in [0.25, 0.3) is 0 Å². The minimum Gasteiger partial charge on any atom is -0.354 e. The predicted molar refractivity (Wildman–Crippen MR) is 161 cm³/mol. The first kappa shape index (κ1) is 31.2. The van der Waals surface area contributed by atoms with Crippen molar-refractivity contribution in [3.05, 3.63) is 94.0 Å². The SMILES string of the molecule is CCCNC(=O)[C@H](CC)N(Cc1ccc(C)cc1)C(=O)CN(c1ccc(C)c(Cl)c1)S(=O)(=O)c1ccc(C)cc1. The zero-order valence-electron chi connectivity index (χ0n) is 23.8. The number of rotatable bonds is 12. The van der Waals surface area contributed by atoms with Crippen molar-refractivity contribution in [1.29, 1.82) is 0 Å². The Balaban J connectivity index is 2.07. The van der Waals surface area contributed by atoms with Crippen LogP contribution in [0, 0.1) is 20.8 Å². The van der Waals surface area contributed by atoms with E-state index in [0.717, 1.165) is 33.0 Å². The number of anilines is 1. The summed E-state index contributed by atoms with van der Waals surface area (Å²) < 4.78 is 29.0. The van der Waals surface area contributed by atoms with E-state index in [0.29, 0.717) is 18.0 Å². The van der Waals surface area contributed by atoms with Gasteiger partial charge < -0.3 is 10.2 Å². The first-order valence-corrected chi connectivity index (χ1v) is 15.3. The molecule has 0 spiro atoms. The van der Waals surface area contributed by atoms with Crippen molar-refractivity contribution in [3.63, 3.8) is 0 Å². The molecule has 0 aliphatic heterocycles. The number of sulfonamides is 1. The molecular formula is C31H38ClN3O4S. The molecular weight excluding hydrogens is 546 g/mol. The van der Waals surface area contributed by atoms with Crippen molar-refractivity contribution in [2.75, 3.05) is 17.4 Å². The van der Waals surface area contributed by atoms with E-state index in [1.165, 1.54) is 17.0 Å². The fraction of sp³-hybridized carbons (Fsp3) is 0.355. The largest absolute Gasteiger partial charge is 0.354 e. The molecule has 0 bridgehead atoms. The van der Waals surface area contributed by atoms with E-state index >= 15 is 0 Å². The summed E-state index contributed by atoms with van der Waals surface area (Å²) in [6.07, 6.45) is 1.12. The first-order chi connectivity index (χ1) is 19.0. The van der Waals surface area contributed by atoms with Crippen LogP contribution in [0.3, 0.4) is 0 Å². The predicted octanol–water partition coefficient (Wildman–Crippen LogP) is 5.79. The van der Waals surface area contributed by atoms with E-state index in [9.17, 15) is 18.0 Å². The van der Waals surface area contributed by atoms with Crippen LogP contribution in [-0.2, 0) is 26.2 Å². The van der Waals surface area contributed by atoms with Crippen molar-refractivity contribution in [2.24, 2.45) is 0 Å². The highest BCUT2D eigenvalue weighted by Crippen LogP contribution is 2.29. The van der Waals surface area contributed by atoms with Gasteiger partial charge in [0.15, 0.2) is 0 Å². The zero-order chi connectivity index (χ0) is 29.4. The van der Waals surface area contributed by atoms with Gasteiger partial charge in [0.2, 0.25) is 11.8 Å². The van der Waals surface area contributed by atoms with Crippen LogP contribution >= 0.6 is 11.6 Å². The maximum Gasteiger partial charge on any atom is 0.264 e. The van der Waals surface area contributed by atoms with Crippen molar-refractivity contribution < 1.29 is 18.0 Å². The Hall–Kier alpha value is -3.36. The van der Waals surface area contributed by atoms with Gasteiger partial charge in [-0.25, -0.2) is 8.42 Å². The first-order valence-electron chi connectivity index (χ1n) is 13.5. The lowest BCUT2D eigenvalue weighted by molar-refractivity contribution is -0.140. The van der Waals surface area contributed by atoms with Gasteiger partial charge in [-0.1, -0.05) is 79.0 Å². The number of nitrogens with zero attached hydrogens (tertiary/aromatic N) is 2. The number of benzene rings is 3. The maximum absolute atomic E-state index is 14.1. The van der Waals surface area contributed by atoms with Gasteiger partial charge >= 0.3 is 0 Å². The molecule has 0 unspecified atom stereocenters. The number of hydrogen-bond donors (Lipinski definition) is 1. The lowest BCUT2D eigenvalue weighted by Gasteiger charge is -2.33. The number of hydrogen-bond acceptors (Lipinski definition) is 4. The highest BCUT2D eigenvalue weighted by molar-refractivity contribution is 7.92. The third kappa shape index (κ3) is 7.64. The molecule has 9 heteroatoms. The molecule has 0 aliphatic rings. The third-order valence-corrected chi connectivity index (χ3v) is 8.94. The summed E-state index contributed by atoms with van der Waals surface area (Å²) in [5.74, 6) is -0.761. The molecule has 7 nitrogen and oxygen atoms in total. The number of carbonyl (C=O) groups is 2. The second-order valence-electron chi connectivity index (χ2n) is 9.98. The van der Waals surface area contributed by atoms with E-state index in [-0.39, 0.29) is 23.0 Å². The number of aryl methyl sites for hydroxylation is 3. The molecule has 214 valence electrons. The Morgan fingerprint density at radius 2 is 1.50 bits per heavy atom. The van der Waals surface area contributed by atoms with Crippen molar-refractivity contribution in [3.8, 4) is 0 Å². The van der Waals surface area contributed by atoms with E-state index in [1.54, 1.807) is 30.3 Å². The molecule has 0 radical (unpaired) electrons. The lowest BCUT2D eigenvalue weighted by atomic mass is 10.1. The van der Waals surface area contributed by atoms with Crippen molar-refractivity contribution in [2.45, 2.75) is 64.9 Å². The van der Waals surface area contributed by atoms with Gasteiger partial charge in [0.05, 0.1) is 10.6 Å². The average molecular weight is 584 g/mol. The maximum atomic E-state index is 14.1. The Morgan fingerprint density at radius 1 is 0.900 bits per heavy atom. The summed E-state index contributed by atoms with van der Waals surface area (Å²) in [7, 11) is -4.15. The molecule has 3 rings (SSSR count).